The Kier molecular flexibility index (Phi) is 2.14. The quantitative estimate of drug-likeness (QED) is 0.558. The molecular weight excluding hydrogens is 136 g/mol. The fourth-order valence-electron chi connectivity index (χ4n) is 2.39. The molecule has 0 aromatic rings. The number of hydrogen-bond acceptors (Lipinski definition) is 2. The Balaban J connectivity index is 1.92. The van der Waals surface area contributed by atoms with Gasteiger partial charge in [-0.25, -0.2) is 0 Å². The van der Waals surface area contributed by atoms with Crippen LogP contribution in [0.3, 0.4) is 0 Å². The Labute approximate surface area is 69.2 Å². The molecule has 2 saturated heterocycles. The van der Waals surface area contributed by atoms with Crippen LogP contribution in [-0.4, -0.2) is 42.6 Å². The Morgan fingerprint density at radius 1 is 1.00 bits per heavy atom. The zero-order valence-corrected chi connectivity index (χ0v) is 7.42. The van der Waals surface area contributed by atoms with Gasteiger partial charge in [0.25, 0.3) is 0 Å². The zero-order valence-electron chi connectivity index (χ0n) is 7.42. The maximum atomic E-state index is 2.65. The minimum absolute atomic E-state index is 0.789. The van der Waals surface area contributed by atoms with Gasteiger partial charge in [0.05, 0.1) is 6.17 Å². The van der Waals surface area contributed by atoms with Crippen LogP contribution >= 0.6 is 0 Å². The summed E-state index contributed by atoms with van der Waals surface area (Å²) >= 11 is 0. The maximum Gasteiger partial charge on any atom is 0.0620 e. The molecule has 2 fully saturated rings. The molecule has 11 heavy (non-hydrogen) atoms. The van der Waals surface area contributed by atoms with Crippen molar-refractivity contribution < 1.29 is 0 Å². The molecule has 1 atom stereocenters. The second-order valence-corrected chi connectivity index (χ2v) is 3.85. The van der Waals surface area contributed by atoms with E-state index in [1.807, 2.05) is 0 Å². The predicted molar refractivity (Wildman–Crippen MR) is 46.5 cm³/mol. The van der Waals surface area contributed by atoms with Crippen LogP contribution in [0.2, 0.25) is 0 Å². The van der Waals surface area contributed by atoms with Gasteiger partial charge in [-0.3, -0.25) is 9.80 Å². The van der Waals surface area contributed by atoms with Crippen molar-refractivity contribution >= 4 is 0 Å². The van der Waals surface area contributed by atoms with E-state index in [1.165, 1.54) is 45.3 Å². The van der Waals surface area contributed by atoms with Gasteiger partial charge in [0, 0.05) is 0 Å². The lowest BCUT2D eigenvalue weighted by molar-refractivity contribution is 0.119. The van der Waals surface area contributed by atoms with Crippen LogP contribution in [0.4, 0.5) is 0 Å². The van der Waals surface area contributed by atoms with Crippen molar-refractivity contribution in [2.45, 2.75) is 31.8 Å². The molecule has 0 unspecified atom stereocenters. The van der Waals surface area contributed by atoms with Gasteiger partial charge in [-0.2, -0.15) is 0 Å². The van der Waals surface area contributed by atoms with Crippen molar-refractivity contribution in [2.75, 3.05) is 26.7 Å². The molecule has 2 heteroatoms. The number of likely N-dealkylation sites (tertiary alicyclic amines) is 2. The summed E-state index contributed by atoms with van der Waals surface area (Å²) in [6, 6.07) is 0. The van der Waals surface area contributed by atoms with Gasteiger partial charge in [0.1, 0.15) is 0 Å². The monoisotopic (exact) mass is 154 g/mol. The van der Waals surface area contributed by atoms with E-state index in [4.69, 9.17) is 0 Å². The van der Waals surface area contributed by atoms with Gasteiger partial charge in [-0.15, -0.1) is 0 Å². The number of nitrogens with zero attached hydrogens (tertiary/aromatic N) is 2. The highest BCUT2D eigenvalue weighted by Gasteiger charge is 2.28. The number of hydrogen-bond donors (Lipinski definition) is 0. The van der Waals surface area contributed by atoms with Crippen molar-refractivity contribution in [1.29, 1.82) is 0 Å². The first-order valence-electron chi connectivity index (χ1n) is 4.82. The first-order valence-corrected chi connectivity index (χ1v) is 4.82. The van der Waals surface area contributed by atoms with Crippen molar-refractivity contribution in [2.24, 2.45) is 0 Å². The largest absolute Gasteiger partial charge is 0.291 e. The summed E-state index contributed by atoms with van der Waals surface area (Å²) in [6.45, 7) is 3.99. The average Bonchev–Trinajstić information content (AvgIpc) is 2.55. The normalized spacial score (nSPS) is 35.2. The fraction of sp³-hybridized carbons (Fsp3) is 1.00. The highest BCUT2D eigenvalue weighted by molar-refractivity contribution is 4.80. The third-order valence-electron chi connectivity index (χ3n) is 3.04. The lowest BCUT2D eigenvalue weighted by Crippen LogP contribution is -2.40. The third-order valence-corrected chi connectivity index (χ3v) is 3.04. The molecular formula is C9H18N2. The molecule has 0 N–H and O–H groups in total. The van der Waals surface area contributed by atoms with Crippen LogP contribution in [0.5, 0.6) is 0 Å². The van der Waals surface area contributed by atoms with Crippen LogP contribution < -0.4 is 0 Å². The van der Waals surface area contributed by atoms with Gasteiger partial charge >= 0.3 is 0 Å². The van der Waals surface area contributed by atoms with Crippen molar-refractivity contribution in [3.05, 3.63) is 0 Å². The van der Waals surface area contributed by atoms with Gasteiger partial charge in [0.15, 0.2) is 0 Å². The summed E-state index contributed by atoms with van der Waals surface area (Å²) in [5.41, 5.74) is 0. The summed E-state index contributed by atoms with van der Waals surface area (Å²) in [4.78, 5) is 5.15. The second kappa shape index (κ2) is 3.11. The van der Waals surface area contributed by atoms with E-state index in [0.717, 1.165) is 6.17 Å². The van der Waals surface area contributed by atoms with E-state index in [9.17, 15) is 0 Å². The van der Waals surface area contributed by atoms with E-state index in [2.05, 4.69) is 16.8 Å². The van der Waals surface area contributed by atoms with Crippen LogP contribution in [0.1, 0.15) is 25.7 Å². The molecule has 2 aliphatic heterocycles. The standard InChI is InChI=1S/C9H18N2/c1-10-6-4-5-9(10)11-7-2-3-8-11/h9H,2-8H2,1H3/t9-/m1/s1. The average molecular weight is 154 g/mol. The molecule has 0 saturated carbocycles. The Bertz CT molecular complexity index is 130. The van der Waals surface area contributed by atoms with Crippen LogP contribution in [0, 0.1) is 0 Å². The van der Waals surface area contributed by atoms with E-state index in [-0.39, 0.29) is 0 Å². The first-order chi connectivity index (χ1) is 5.38. The number of rotatable bonds is 1. The van der Waals surface area contributed by atoms with Crippen molar-refractivity contribution in [3.63, 3.8) is 0 Å². The Hall–Kier alpha value is -0.0800. The smallest absolute Gasteiger partial charge is 0.0620 e. The van der Waals surface area contributed by atoms with Gasteiger partial charge in [-0.05, 0) is 52.4 Å². The van der Waals surface area contributed by atoms with E-state index >= 15 is 0 Å². The van der Waals surface area contributed by atoms with Crippen molar-refractivity contribution in [3.8, 4) is 0 Å². The first kappa shape index (κ1) is 7.56. The van der Waals surface area contributed by atoms with Crippen molar-refractivity contribution in [1.82, 2.24) is 9.80 Å². The van der Waals surface area contributed by atoms with Gasteiger partial charge < -0.3 is 0 Å². The van der Waals surface area contributed by atoms with E-state index in [0.29, 0.717) is 0 Å². The Morgan fingerprint density at radius 3 is 2.27 bits per heavy atom. The summed E-state index contributed by atoms with van der Waals surface area (Å²) in [7, 11) is 2.26. The molecule has 64 valence electrons. The molecule has 0 aromatic carbocycles. The topological polar surface area (TPSA) is 6.48 Å². The molecule has 2 aliphatic rings. The molecule has 0 aromatic heterocycles. The minimum atomic E-state index is 0.789. The van der Waals surface area contributed by atoms with Crippen LogP contribution in [-0.2, 0) is 0 Å². The molecule has 0 amide bonds. The summed E-state index contributed by atoms with van der Waals surface area (Å²) in [5.74, 6) is 0. The highest BCUT2D eigenvalue weighted by atomic mass is 15.4. The van der Waals surface area contributed by atoms with Gasteiger partial charge in [0.2, 0.25) is 0 Å². The SMILES string of the molecule is CN1CCC[C@H]1N1CCCC1. The Morgan fingerprint density at radius 2 is 1.73 bits per heavy atom. The highest BCUT2D eigenvalue weighted by Crippen LogP contribution is 2.22. The molecule has 0 bridgehead atoms. The van der Waals surface area contributed by atoms with E-state index in [1.54, 1.807) is 0 Å². The van der Waals surface area contributed by atoms with E-state index < -0.39 is 0 Å². The van der Waals surface area contributed by atoms with Gasteiger partial charge in [-0.1, -0.05) is 0 Å². The maximum absolute atomic E-state index is 2.65. The molecule has 0 spiro atoms. The molecule has 2 rings (SSSR count). The predicted octanol–water partition coefficient (Wildman–Crippen LogP) is 1.13. The molecule has 0 aliphatic carbocycles. The summed E-state index contributed by atoms with van der Waals surface area (Å²) < 4.78 is 0. The lowest BCUT2D eigenvalue weighted by atomic mass is 10.3. The third kappa shape index (κ3) is 1.42. The fourth-order valence-corrected chi connectivity index (χ4v) is 2.39. The second-order valence-electron chi connectivity index (χ2n) is 3.85. The summed E-state index contributed by atoms with van der Waals surface area (Å²) in [6.07, 6.45) is 6.43. The zero-order chi connectivity index (χ0) is 7.68. The molecule has 0 radical (unpaired) electrons. The van der Waals surface area contributed by atoms with Crippen LogP contribution in [0.15, 0.2) is 0 Å². The summed E-state index contributed by atoms with van der Waals surface area (Å²) in [5, 5.41) is 0. The minimum Gasteiger partial charge on any atom is -0.291 e. The molecule has 2 nitrogen and oxygen atoms in total. The van der Waals surface area contributed by atoms with Crippen LogP contribution in [0.25, 0.3) is 0 Å². The lowest BCUT2D eigenvalue weighted by Gasteiger charge is -2.29. The molecule has 2 heterocycles.